The summed E-state index contributed by atoms with van der Waals surface area (Å²) < 4.78 is 0. The molecule has 0 saturated heterocycles. The molecule has 0 aliphatic heterocycles. The number of amidine groups is 1. The zero-order valence-corrected chi connectivity index (χ0v) is 9.12. The van der Waals surface area contributed by atoms with Crippen molar-refractivity contribution in [3.8, 4) is 0 Å². The maximum Gasteiger partial charge on any atom is 0.125 e. The van der Waals surface area contributed by atoms with Crippen molar-refractivity contribution >= 4 is 5.84 Å². The van der Waals surface area contributed by atoms with E-state index in [1.54, 1.807) is 0 Å². The lowest BCUT2D eigenvalue weighted by molar-refractivity contribution is 0.665. The van der Waals surface area contributed by atoms with Gasteiger partial charge in [0.1, 0.15) is 5.84 Å². The number of nitrogens with two attached hydrogens (primary N) is 1. The first-order chi connectivity index (χ1) is 6.59. The molecule has 0 spiro atoms. The summed E-state index contributed by atoms with van der Waals surface area (Å²) in [5.41, 5.74) is 8.09. The number of nitrogens with zero attached hydrogens (tertiary/aromatic N) is 1. The van der Waals surface area contributed by atoms with Crippen LogP contribution in [-0.4, -0.2) is 12.4 Å². The molecule has 1 rings (SSSR count). The minimum atomic E-state index is 0.555. The highest BCUT2D eigenvalue weighted by molar-refractivity contribution is 5.97. The lowest BCUT2D eigenvalue weighted by Crippen LogP contribution is -2.14. The molecule has 0 heterocycles. The molecule has 1 aromatic rings. The van der Waals surface area contributed by atoms with E-state index in [9.17, 15) is 0 Å². The summed E-state index contributed by atoms with van der Waals surface area (Å²) in [4.78, 5) is 4.32. The van der Waals surface area contributed by atoms with Crippen molar-refractivity contribution in [2.75, 3.05) is 6.54 Å². The second kappa shape index (κ2) is 4.80. The van der Waals surface area contributed by atoms with Crippen molar-refractivity contribution < 1.29 is 0 Å². The van der Waals surface area contributed by atoms with Crippen LogP contribution in [0.5, 0.6) is 0 Å². The summed E-state index contributed by atoms with van der Waals surface area (Å²) in [7, 11) is 0. The molecule has 0 atom stereocenters. The highest BCUT2D eigenvalue weighted by Crippen LogP contribution is 2.03. The average Bonchev–Trinajstić information content (AvgIpc) is 2.15. The molecule has 0 saturated carbocycles. The number of hydrogen-bond donors (Lipinski definition) is 1. The average molecular weight is 190 g/mol. The molecular weight excluding hydrogens is 172 g/mol. The molecule has 2 nitrogen and oxygen atoms in total. The first-order valence-electron chi connectivity index (χ1n) is 4.96. The second-order valence-corrected chi connectivity index (χ2v) is 3.99. The van der Waals surface area contributed by atoms with Crippen LogP contribution >= 0.6 is 0 Å². The second-order valence-electron chi connectivity index (χ2n) is 3.99. The lowest BCUT2D eigenvalue weighted by atomic mass is 10.1. The van der Waals surface area contributed by atoms with Gasteiger partial charge in [-0.2, -0.15) is 0 Å². The molecule has 0 unspecified atom stereocenters. The van der Waals surface area contributed by atoms with Crippen LogP contribution in [0, 0.1) is 12.8 Å². The van der Waals surface area contributed by atoms with E-state index in [2.05, 4.69) is 25.8 Å². The van der Waals surface area contributed by atoms with Crippen LogP contribution in [0.1, 0.15) is 25.0 Å². The van der Waals surface area contributed by atoms with Gasteiger partial charge in [-0.1, -0.05) is 43.7 Å². The number of benzene rings is 1. The third kappa shape index (κ3) is 3.21. The molecule has 2 heteroatoms. The highest BCUT2D eigenvalue weighted by Gasteiger charge is 1.97. The molecule has 0 fully saturated rings. The topological polar surface area (TPSA) is 38.4 Å². The Hall–Kier alpha value is -1.31. The Morgan fingerprint density at radius 3 is 2.36 bits per heavy atom. The van der Waals surface area contributed by atoms with E-state index in [0.717, 1.165) is 12.1 Å². The van der Waals surface area contributed by atoms with Gasteiger partial charge in [0.15, 0.2) is 0 Å². The number of rotatable bonds is 3. The van der Waals surface area contributed by atoms with Crippen LogP contribution in [0.25, 0.3) is 0 Å². The smallest absolute Gasteiger partial charge is 0.125 e. The standard InChI is InChI=1S/C12H18N2/c1-9(2)8-14-12(13)11-6-4-10(3)5-7-11/h4-7,9H,8H2,1-3H3,(H2,13,14). The number of aryl methyl sites for hydroxylation is 1. The molecular formula is C12H18N2. The number of aliphatic imine (C=N–C) groups is 1. The van der Waals surface area contributed by atoms with E-state index in [4.69, 9.17) is 5.73 Å². The summed E-state index contributed by atoms with van der Waals surface area (Å²) in [6, 6.07) is 8.11. The maximum absolute atomic E-state index is 5.84. The van der Waals surface area contributed by atoms with Gasteiger partial charge in [0.05, 0.1) is 0 Å². The maximum atomic E-state index is 5.84. The molecule has 0 aliphatic carbocycles. The highest BCUT2D eigenvalue weighted by atomic mass is 14.8. The predicted octanol–water partition coefficient (Wildman–Crippen LogP) is 2.36. The molecule has 1 aromatic carbocycles. The Morgan fingerprint density at radius 2 is 1.86 bits per heavy atom. The molecule has 2 N–H and O–H groups in total. The largest absolute Gasteiger partial charge is 0.384 e. The Kier molecular flexibility index (Phi) is 3.69. The van der Waals surface area contributed by atoms with Gasteiger partial charge in [-0.3, -0.25) is 4.99 Å². The minimum Gasteiger partial charge on any atom is -0.384 e. The molecule has 0 radical (unpaired) electrons. The van der Waals surface area contributed by atoms with Crippen LogP contribution in [0.15, 0.2) is 29.3 Å². The van der Waals surface area contributed by atoms with Crippen molar-refractivity contribution in [3.05, 3.63) is 35.4 Å². The molecule has 76 valence electrons. The third-order valence-electron chi connectivity index (χ3n) is 1.97. The Labute approximate surface area is 85.9 Å². The monoisotopic (exact) mass is 190 g/mol. The van der Waals surface area contributed by atoms with Crippen molar-refractivity contribution in [3.63, 3.8) is 0 Å². The summed E-state index contributed by atoms with van der Waals surface area (Å²) in [6.45, 7) is 7.11. The van der Waals surface area contributed by atoms with E-state index in [1.165, 1.54) is 5.56 Å². The zero-order chi connectivity index (χ0) is 10.6. The van der Waals surface area contributed by atoms with Crippen LogP contribution in [0.2, 0.25) is 0 Å². The van der Waals surface area contributed by atoms with Crippen molar-refractivity contribution in [1.82, 2.24) is 0 Å². The van der Waals surface area contributed by atoms with E-state index >= 15 is 0 Å². The molecule has 0 amide bonds. The fourth-order valence-corrected chi connectivity index (χ4v) is 1.10. The Bertz CT molecular complexity index is 310. The van der Waals surface area contributed by atoms with Crippen LogP contribution < -0.4 is 5.73 Å². The van der Waals surface area contributed by atoms with Gasteiger partial charge < -0.3 is 5.73 Å². The summed E-state index contributed by atoms with van der Waals surface area (Å²) in [5.74, 6) is 1.19. The van der Waals surface area contributed by atoms with Crippen molar-refractivity contribution in [2.24, 2.45) is 16.6 Å². The zero-order valence-electron chi connectivity index (χ0n) is 9.12. The third-order valence-corrected chi connectivity index (χ3v) is 1.97. The van der Waals surface area contributed by atoms with Gasteiger partial charge in [0.2, 0.25) is 0 Å². The van der Waals surface area contributed by atoms with Crippen LogP contribution in [0.4, 0.5) is 0 Å². The quantitative estimate of drug-likeness (QED) is 0.576. The van der Waals surface area contributed by atoms with Gasteiger partial charge in [-0.25, -0.2) is 0 Å². The SMILES string of the molecule is Cc1ccc(C(N)=NCC(C)C)cc1. The van der Waals surface area contributed by atoms with E-state index in [0.29, 0.717) is 11.8 Å². The van der Waals surface area contributed by atoms with Crippen molar-refractivity contribution in [2.45, 2.75) is 20.8 Å². The fraction of sp³-hybridized carbons (Fsp3) is 0.417. The molecule has 0 aromatic heterocycles. The first-order valence-corrected chi connectivity index (χ1v) is 4.96. The molecule has 14 heavy (non-hydrogen) atoms. The van der Waals surface area contributed by atoms with E-state index < -0.39 is 0 Å². The van der Waals surface area contributed by atoms with Crippen molar-refractivity contribution in [1.29, 1.82) is 0 Å². The molecule has 0 bridgehead atoms. The summed E-state index contributed by atoms with van der Waals surface area (Å²) in [5, 5.41) is 0. The van der Waals surface area contributed by atoms with Crippen LogP contribution in [0.3, 0.4) is 0 Å². The number of hydrogen-bond acceptors (Lipinski definition) is 1. The lowest BCUT2D eigenvalue weighted by Gasteiger charge is -2.03. The minimum absolute atomic E-state index is 0.555. The Morgan fingerprint density at radius 1 is 1.29 bits per heavy atom. The van der Waals surface area contributed by atoms with E-state index in [1.807, 2.05) is 24.3 Å². The van der Waals surface area contributed by atoms with E-state index in [-0.39, 0.29) is 0 Å². The van der Waals surface area contributed by atoms with Gasteiger partial charge >= 0.3 is 0 Å². The summed E-state index contributed by atoms with van der Waals surface area (Å²) in [6.07, 6.45) is 0. The van der Waals surface area contributed by atoms with Gasteiger partial charge in [0, 0.05) is 12.1 Å². The fourth-order valence-electron chi connectivity index (χ4n) is 1.10. The Balaban J connectivity index is 2.73. The summed E-state index contributed by atoms with van der Waals surface area (Å²) >= 11 is 0. The van der Waals surface area contributed by atoms with Gasteiger partial charge in [-0.15, -0.1) is 0 Å². The van der Waals surface area contributed by atoms with Crippen LogP contribution in [-0.2, 0) is 0 Å². The molecule has 0 aliphatic rings. The predicted molar refractivity (Wildman–Crippen MR) is 61.6 cm³/mol. The first kappa shape index (κ1) is 10.8. The van der Waals surface area contributed by atoms with Gasteiger partial charge in [-0.05, 0) is 12.8 Å². The van der Waals surface area contributed by atoms with Gasteiger partial charge in [0.25, 0.3) is 0 Å². The normalized spacial score (nSPS) is 12.1.